The third kappa shape index (κ3) is 5.04. The van der Waals surface area contributed by atoms with E-state index in [-0.39, 0.29) is 18.4 Å². The number of amides is 1. The molecule has 116 valence electrons. The first-order valence-corrected chi connectivity index (χ1v) is 8.13. The SMILES string of the molecule is CC(CNC(=O)COc1ccc(Cl)cc1Br)c1ccccc1. The molecule has 1 N–H and O–H groups in total. The van der Waals surface area contributed by atoms with Gasteiger partial charge in [-0.25, -0.2) is 0 Å². The van der Waals surface area contributed by atoms with Gasteiger partial charge in [-0.3, -0.25) is 4.79 Å². The van der Waals surface area contributed by atoms with Gasteiger partial charge in [0.2, 0.25) is 0 Å². The van der Waals surface area contributed by atoms with E-state index in [4.69, 9.17) is 16.3 Å². The molecular formula is C17H17BrClNO2. The van der Waals surface area contributed by atoms with Gasteiger partial charge in [0.05, 0.1) is 4.47 Å². The lowest BCUT2D eigenvalue weighted by Gasteiger charge is -2.13. The van der Waals surface area contributed by atoms with Crippen molar-refractivity contribution < 1.29 is 9.53 Å². The Labute approximate surface area is 143 Å². The molecule has 0 aliphatic carbocycles. The van der Waals surface area contributed by atoms with Crippen LogP contribution >= 0.6 is 27.5 Å². The van der Waals surface area contributed by atoms with Gasteiger partial charge in [-0.1, -0.05) is 48.9 Å². The molecule has 0 saturated carbocycles. The maximum Gasteiger partial charge on any atom is 0.257 e. The molecule has 0 aliphatic rings. The second kappa shape index (κ2) is 8.20. The second-order valence-electron chi connectivity index (χ2n) is 4.98. The van der Waals surface area contributed by atoms with E-state index in [1.54, 1.807) is 18.2 Å². The molecule has 0 bridgehead atoms. The van der Waals surface area contributed by atoms with Gasteiger partial charge in [0.1, 0.15) is 5.75 Å². The third-order valence-electron chi connectivity index (χ3n) is 3.23. The standard InChI is InChI=1S/C17H17BrClNO2/c1-12(13-5-3-2-4-6-13)10-20-17(21)11-22-16-8-7-14(19)9-15(16)18/h2-9,12H,10-11H2,1H3,(H,20,21). The minimum atomic E-state index is -0.148. The number of benzene rings is 2. The number of rotatable bonds is 6. The summed E-state index contributed by atoms with van der Waals surface area (Å²) in [4.78, 5) is 11.9. The quantitative estimate of drug-likeness (QED) is 0.804. The van der Waals surface area contributed by atoms with Crippen molar-refractivity contribution in [2.45, 2.75) is 12.8 Å². The van der Waals surface area contributed by atoms with E-state index in [1.165, 1.54) is 5.56 Å². The topological polar surface area (TPSA) is 38.3 Å². The molecule has 1 unspecified atom stereocenters. The summed E-state index contributed by atoms with van der Waals surface area (Å²) in [5.41, 5.74) is 1.20. The van der Waals surface area contributed by atoms with Gasteiger partial charge >= 0.3 is 0 Å². The zero-order chi connectivity index (χ0) is 15.9. The molecule has 3 nitrogen and oxygen atoms in total. The van der Waals surface area contributed by atoms with Crippen LogP contribution in [0, 0.1) is 0 Å². The molecule has 0 aromatic heterocycles. The van der Waals surface area contributed by atoms with E-state index in [0.717, 1.165) is 4.47 Å². The number of halogens is 2. The van der Waals surface area contributed by atoms with Gasteiger partial charge in [0.25, 0.3) is 5.91 Å². The van der Waals surface area contributed by atoms with Gasteiger partial charge < -0.3 is 10.1 Å². The molecule has 5 heteroatoms. The molecule has 0 aliphatic heterocycles. The van der Waals surface area contributed by atoms with Gasteiger partial charge in [-0.15, -0.1) is 0 Å². The van der Waals surface area contributed by atoms with E-state index in [1.807, 2.05) is 18.2 Å². The number of carbonyl (C=O) groups excluding carboxylic acids is 1. The summed E-state index contributed by atoms with van der Waals surface area (Å²) in [6.07, 6.45) is 0. The maximum absolute atomic E-state index is 11.9. The van der Waals surface area contributed by atoms with Crippen LogP contribution in [0.1, 0.15) is 18.4 Å². The summed E-state index contributed by atoms with van der Waals surface area (Å²) >= 11 is 9.21. The summed E-state index contributed by atoms with van der Waals surface area (Å²) < 4.78 is 6.20. The number of hydrogen-bond acceptors (Lipinski definition) is 2. The molecule has 0 spiro atoms. The fraction of sp³-hybridized carbons (Fsp3) is 0.235. The smallest absolute Gasteiger partial charge is 0.257 e. The Kier molecular flexibility index (Phi) is 6.28. The normalized spacial score (nSPS) is 11.8. The van der Waals surface area contributed by atoms with Crippen LogP contribution in [-0.2, 0) is 4.79 Å². The summed E-state index contributed by atoms with van der Waals surface area (Å²) in [6, 6.07) is 15.3. The highest BCUT2D eigenvalue weighted by Gasteiger charge is 2.09. The van der Waals surface area contributed by atoms with Crippen LogP contribution in [-0.4, -0.2) is 19.1 Å². The average Bonchev–Trinajstić information content (AvgIpc) is 2.52. The van der Waals surface area contributed by atoms with Crippen molar-refractivity contribution in [3.63, 3.8) is 0 Å². The molecule has 22 heavy (non-hydrogen) atoms. The van der Waals surface area contributed by atoms with Gasteiger partial charge in [-0.2, -0.15) is 0 Å². The lowest BCUT2D eigenvalue weighted by atomic mass is 10.0. The van der Waals surface area contributed by atoms with E-state index < -0.39 is 0 Å². The van der Waals surface area contributed by atoms with Gasteiger partial charge in [0, 0.05) is 11.6 Å². The minimum absolute atomic E-state index is 0.0260. The highest BCUT2D eigenvalue weighted by atomic mass is 79.9. The summed E-state index contributed by atoms with van der Waals surface area (Å²) in [5, 5.41) is 3.49. The molecule has 2 aromatic rings. The number of ether oxygens (including phenoxy) is 1. The number of carbonyl (C=O) groups is 1. The number of hydrogen-bond donors (Lipinski definition) is 1. The van der Waals surface area contributed by atoms with Crippen molar-refractivity contribution in [3.8, 4) is 5.75 Å². The first-order chi connectivity index (χ1) is 10.6. The van der Waals surface area contributed by atoms with Crippen molar-refractivity contribution in [2.24, 2.45) is 0 Å². The van der Waals surface area contributed by atoms with Crippen molar-refractivity contribution >= 4 is 33.4 Å². The lowest BCUT2D eigenvalue weighted by Crippen LogP contribution is -2.31. The third-order valence-corrected chi connectivity index (χ3v) is 4.08. The molecule has 2 rings (SSSR count). The zero-order valence-electron chi connectivity index (χ0n) is 12.2. The summed E-state index contributed by atoms with van der Waals surface area (Å²) in [7, 11) is 0. The largest absolute Gasteiger partial charge is 0.483 e. The van der Waals surface area contributed by atoms with Gasteiger partial charge in [0.15, 0.2) is 6.61 Å². The molecule has 0 heterocycles. The van der Waals surface area contributed by atoms with Crippen molar-refractivity contribution in [3.05, 3.63) is 63.6 Å². The van der Waals surface area contributed by atoms with Crippen LogP contribution in [0.4, 0.5) is 0 Å². The van der Waals surface area contributed by atoms with E-state index in [9.17, 15) is 4.79 Å². The molecular weight excluding hydrogens is 366 g/mol. The number of nitrogens with one attached hydrogen (secondary N) is 1. The zero-order valence-corrected chi connectivity index (χ0v) is 14.5. The van der Waals surface area contributed by atoms with Crippen LogP contribution < -0.4 is 10.1 Å². The Balaban J connectivity index is 1.78. The summed E-state index contributed by atoms with van der Waals surface area (Å²) in [5.74, 6) is 0.702. The monoisotopic (exact) mass is 381 g/mol. The predicted octanol–water partition coefficient (Wildman–Crippen LogP) is 4.40. The Morgan fingerprint density at radius 1 is 1.27 bits per heavy atom. The van der Waals surface area contributed by atoms with Crippen LogP contribution in [0.25, 0.3) is 0 Å². The Bertz CT molecular complexity index is 634. The van der Waals surface area contributed by atoms with Crippen molar-refractivity contribution in [2.75, 3.05) is 13.2 Å². The van der Waals surface area contributed by atoms with Crippen LogP contribution in [0.3, 0.4) is 0 Å². The minimum Gasteiger partial charge on any atom is -0.483 e. The fourth-order valence-electron chi connectivity index (χ4n) is 1.95. The maximum atomic E-state index is 11.9. The molecule has 2 aromatic carbocycles. The van der Waals surface area contributed by atoms with E-state index in [2.05, 4.69) is 40.3 Å². The lowest BCUT2D eigenvalue weighted by molar-refractivity contribution is -0.123. The Morgan fingerprint density at radius 3 is 2.68 bits per heavy atom. The molecule has 1 atom stereocenters. The van der Waals surface area contributed by atoms with E-state index in [0.29, 0.717) is 17.3 Å². The van der Waals surface area contributed by atoms with Crippen LogP contribution in [0.2, 0.25) is 5.02 Å². The predicted molar refractivity (Wildman–Crippen MR) is 92.5 cm³/mol. The van der Waals surface area contributed by atoms with Crippen molar-refractivity contribution in [1.82, 2.24) is 5.32 Å². The van der Waals surface area contributed by atoms with E-state index >= 15 is 0 Å². The highest BCUT2D eigenvalue weighted by molar-refractivity contribution is 9.10. The highest BCUT2D eigenvalue weighted by Crippen LogP contribution is 2.27. The van der Waals surface area contributed by atoms with Crippen molar-refractivity contribution in [1.29, 1.82) is 0 Å². The average molecular weight is 383 g/mol. The molecule has 0 radical (unpaired) electrons. The second-order valence-corrected chi connectivity index (χ2v) is 6.27. The van der Waals surface area contributed by atoms with Gasteiger partial charge in [-0.05, 0) is 45.6 Å². The summed E-state index contributed by atoms with van der Waals surface area (Å²) in [6.45, 7) is 2.63. The first-order valence-electron chi connectivity index (χ1n) is 6.95. The Morgan fingerprint density at radius 2 is 2.00 bits per heavy atom. The molecule has 0 saturated heterocycles. The first kappa shape index (κ1) is 16.8. The fourth-order valence-corrected chi connectivity index (χ4v) is 2.75. The molecule has 1 amide bonds. The molecule has 0 fully saturated rings. The van der Waals surface area contributed by atoms with Crippen LogP contribution in [0.5, 0.6) is 5.75 Å². The van der Waals surface area contributed by atoms with Crippen LogP contribution in [0.15, 0.2) is 53.0 Å². The Hall–Kier alpha value is -1.52.